The third kappa shape index (κ3) is 3.22. The summed E-state index contributed by atoms with van der Waals surface area (Å²) in [6, 6.07) is 10.2. The monoisotopic (exact) mass is 301 g/mol. The number of benzene rings is 2. The molecular formula is C13H10Cl3NO. The average molecular weight is 303 g/mol. The molecule has 2 aromatic rings. The number of hydrogen-bond acceptors (Lipinski definition) is 2. The smallest absolute Gasteiger partial charge is 0.115 e. The van der Waals surface area contributed by atoms with Gasteiger partial charge in [-0.25, -0.2) is 0 Å². The lowest BCUT2D eigenvalue weighted by Crippen LogP contribution is -2.00. The van der Waals surface area contributed by atoms with Crippen molar-refractivity contribution in [2.45, 2.75) is 6.54 Å². The van der Waals surface area contributed by atoms with E-state index in [0.717, 1.165) is 5.56 Å². The molecule has 2 rings (SSSR count). The zero-order chi connectivity index (χ0) is 13.1. The fourth-order valence-electron chi connectivity index (χ4n) is 1.52. The number of anilines is 1. The van der Waals surface area contributed by atoms with Crippen LogP contribution >= 0.6 is 34.8 Å². The van der Waals surface area contributed by atoms with Gasteiger partial charge in [0.05, 0.1) is 15.7 Å². The minimum absolute atomic E-state index is 0.237. The Bertz CT molecular complexity index is 532. The van der Waals surface area contributed by atoms with E-state index in [4.69, 9.17) is 34.8 Å². The molecule has 0 saturated heterocycles. The van der Waals surface area contributed by atoms with Crippen molar-refractivity contribution in [1.82, 2.24) is 0 Å². The molecule has 18 heavy (non-hydrogen) atoms. The third-order valence-corrected chi connectivity index (χ3v) is 3.23. The summed E-state index contributed by atoms with van der Waals surface area (Å²) < 4.78 is 0. The number of phenolic OH excluding ortho intramolecular Hbond substituents is 1. The quantitative estimate of drug-likeness (QED) is 0.839. The molecule has 0 radical (unpaired) electrons. The Hall–Kier alpha value is -1.09. The summed E-state index contributed by atoms with van der Waals surface area (Å²) in [5, 5.41) is 13.8. The Morgan fingerprint density at radius 2 is 1.50 bits per heavy atom. The summed E-state index contributed by atoms with van der Waals surface area (Å²) in [4.78, 5) is 0. The van der Waals surface area contributed by atoms with Gasteiger partial charge in [0.15, 0.2) is 0 Å². The van der Waals surface area contributed by atoms with Gasteiger partial charge in [0.25, 0.3) is 0 Å². The molecule has 0 aromatic heterocycles. The first-order chi connectivity index (χ1) is 8.56. The SMILES string of the molecule is Oc1ccc(CNc2c(Cl)cc(Cl)cc2Cl)cc1. The van der Waals surface area contributed by atoms with Gasteiger partial charge in [0.2, 0.25) is 0 Å². The van der Waals surface area contributed by atoms with Crippen LogP contribution in [-0.4, -0.2) is 5.11 Å². The molecule has 0 aliphatic heterocycles. The van der Waals surface area contributed by atoms with Gasteiger partial charge in [-0.3, -0.25) is 0 Å². The van der Waals surface area contributed by atoms with Crippen molar-refractivity contribution >= 4 is 40.5 Å². The molecule has 2 nitrogen and oxygen atoms in total. The summed E-state index contributed by atoms with van der Waals surface area (Å²) in [5.41, 5.74) is 1.66. The van der Waals surface area contributed by atoms with E-state index < -0.39 is 0 Å². The molecule has 0 aliphatic rings. The van der Waals surface area contributed by atoms with Gasteiger partial charge < -0.3 is 10.4 Å². The predicted octanol–water partition coefficient (Wildman–Crippen LogP) is 4.96. The highest BCUT2D eigenvalue weighted by atomic mass is 35.5. The first-order valence-corrected chi connectivity index (χ1v) is 6.36. The molecule has 94 valence electrons. The first kappa shape index (κ1) is 13.3. The highest BCUT2D eigenvalue weighted by Crippen LogP contribution is 2.33. The Labute approximate surface area is 120 Å². The van der Waals surface area contributed by atoms with Crippen LogP contribution in [0.2, 0.25) is 15.1 Å². The topological polar surface area (TPSA) is 32.3 Å². The average Bonchev–Trinajstić information content (AvgIpc) is 2.30. The number of halogens is 3. The largest absolute Gasteiger partial charge is 0.508 e. The maximum absolute atomic E-state index is 9.18. The van der Waals surface area contributed by atoms with Crippen molar-refractivity contribution in [2.75, 3.05) is 5.32 Å². The van der Waals surface area contributed by atoms with Crippen LogP contribution in [0.4, 0.5) is 5.69 Å². The second kappa shape index (κ2) is 5.70. The fourth-order valence-corrected chi connectivity index (χ4v) is 2.47. The van der Waals surface area contributed by atoms with Crippen molar-refractivity contribution in [2.24, 2.45) is 0 Å². The molecule has 2 N–H and O–H groups in total. The summed E-state index contributed by atoms with van der Waals surface area (Å²) in [6.45, 7) is 0.557. The maximum atomic E-state index is 9.18. The van der Waals surface area contributed by atoms with Crippen LogP contribution in [-0.2, 0) is 6.54 Å². The van der Waals surface area contributed by atoms with Gasteiger partial charge in [-0.15, -0.1) is 0 Å². The lowest BCUT2D eigenvalue weighted by molar-refractivity contribution is 0.475. The highest BCUT2D eigenvalue weighted by molar-refractivity contribution is 6.41. The van der Waals surface area contributed by atoms with Crippen molar-refractivity contribution < 1.29 is 5.11 Å². The van der Waals surface area contributed by atoms with Gasteiger partial charge in [0, 0.05) is 11.6 Å². The Balaban J connectivity index is 2.13. The minimum atomic E-state index is 0.237. The van der Waals surface area contributed by atoms with Crippen molar-refractivity contribution in [1.29, 1.82) is 0 Å². The molecule has 0 fully saturated rings. The van der Waals surface area contributed by atoms with Crippen LogP contribution < -0.4 is 5.32 Å². The second-order valence-corrected chi connectivity index (χ2v) is 5.02. The molecule has 0 bridgehead atoms. The van der Waals surface area contributed by atoms with Crippen LogP contribution in [0.25, 0.3) is 0 Å². The van der Waals surface area contributed by atoms with Gasteiger partial charge in [-0.2, -0.15) is 0 Å². The number of rotatable bonds is 3. The number of phenols is 1. The predicted molar refractivity (Wildman–Crippen MR) is 76.9 cm³/mol. The molecule has 0 spiro atoms. The normalized spacial score (nSPS) is 10.4. The van der Waals surface area contributed by atoms with Gasteiger partial charge >= 0.3 is 0 Å². The van der Waals surface area contributed by atoms with Crippen LogP contribution in [0.3, 0.4) is 0 Å². The Morgan fingerprint density at radius 1 is 0.944 bits per heavy atom. The van der Waals surface area contributed by atoms with Crippen LogP contribution in [0.5, 0.6) is 5.75 Å². The lowest BCUT2D eigenvalue weighted by atomic mass is 10.2. The number of aromatic hydroxyl groups is 1. The second-order valence-electron chi connectivity index (χ2n) is 3.76. The van der Waals surface area contributed by atoms with Gasteiger partial charge in [-0.1, -0.05) is 46.9 Å². The number of hydrogen-bond donors (Lipinski definition) is 2. The molecule has 0 atom stereocenters. The maximum Gasteiger partial charge on any atom is 0.115 e. The van der Waals surface area contributed by atoms with E-state index in [9.17, 15) is 5.11 Å². The van der Waals surface area contributed by atoms with E-state index in [1.807, 2.05) is 12.1 Å². The lowest BCUT2D eigenvalue weighted by Gasteiger charge is -2.11. The minimum Gasteiger partial charge on any atom is -0.508 e. The standard InChI is InChI=1S/C13H10Cl3NO/c14-9-5-11(15)13(12(16)6-9)17-7-8-1-3-10(18)4-2-8/h1-6,17-18H,7H2. The Kier molecular flexibility index (Phi) is 4.23. The summed E-state index contributed by atoms with van der Waals surface area (Å²) >= 11 is 17.9. The molecule has 0 aliphatic carbocycles. The zero-order valence-electron chi connectivity index (χ0n) is 9.25. The molecule has 0 heterocycles. The summed E-state index contributed by atoms with van der Waals surface area (Å²) in [6.07, 6.45) is 0. The van der Waals surface area contributed by atoms with Crippen LogP contribution in [0.15, 0.2) is 36.4 Å². The van der Waals surface area contributed by atoms with Crippen LogP contribution in [0.1, 0.15) is 5.56 Å². The summed E-state index contributed by atoms with van der Waals surface area (Å²) in [5.74, 6) is 0.237. The molecular weight excluding hydrogens is 293 g/mol. The molecule has 0 saturated carbocycles. The van der Waals surface area contributed by atoms with Gasteiger partial charge in [0.1, 0.15) is 5.75 Å². The molecule has 0 unspecified atom stereocenters. The van der Waals surface area contributed by atoms with E-state index in [1.54, 1.807) is 24.3 Å². The van der Waals surface area contributed by atoms with Gasteiger partial charge in [-0.05, 0) is 29.8 Å². The summed E-state index contributed by atoms with van der Waals surface area (Å²) in [7, 11) is 0. The highest BCUT2D eigenvalue weighted by Gasteiger charge is 2.07. The van der Waals surface area contributed by atoms with Crippen molar-refractivity contribution in [3.8, 4) is 5.75 Å². The van der Waals surface area contributed by atoms with E-state index in [1.165, 1.54) is 0 Å². The number of nitrogens with one attached hydrogen (secondary N) is 1. The Morgan fingerprint density at radius 3 is 2.06 bits per heavy atom. The molecule has 5 heteroatoms. The first-order valence-electron chi connectivity index (χ1n) is 5.22. The van der Waals surface area contributed by atoms with Crippen LogP contribution in [0, 0.1) is 0 Å². The van der Waals surface area contributed by atoms with Crippen molar-refractivity contribution in [3.05, 3.63) is 57.0 Å². The van der Waals surface area contributed by atoms with Crippen molar-refractivity contribution in [3.63, 3.8) is 0 Å². The zero-order valence-corrected chi connectivity index (χ0v) is 11.5. The van der Waals surface area contributed by atoms with E-state index >= 15 is 0 Å². The van der Waals surface area contributed by atoms with E-state index in [2.05, 4.69) is 5.32 Å². The molecule has 2 aromatic carbocycles. The fraction of sp³-hybridized carbons (Fsp3) is 0.0769. The third-order valence-electron chi connectivity index (χ3n) is 2.41. The molecule has 0 amide bonds. The van der Waals surface area contributed by atoms with E-state index in [-0.39, 0.29) is 5.75 Å². The van der Waals surface area contributed by atoms with E-state index in [0.29, 0.717) is 27.3 Å².